The quantitative estimate of drug-likeness (QED) is 0.290. The Bertz CT molecular complexity index is 286. The number of likely N-dealkylation sites (N-methyl/N-ethyl adjacent to an activating group) is 1. The predicted molar refractivity (Wildman–Crippen MR) is 65.8 cm³/mol. The van der Waals surface area contributed by atoms with Gasteiger partial charge in [0.2, 0.25) is 0 Å². The van der Waals surface area contributed by atoms with Crippen molar-refractivity contribution in [3.63, 3.8) is 0 Å². The fourth-order valence-corrected chi connectivity index (χ4v) is 0.845. The molecular formula is C11H19FmN2O5-. The molecule has 0 rings (SSSR count). The molecule has 19 heavy (non-hydrogen) atoms. The zero-order valence-corrected chi connectivity index (χ0v) is 13.5. The van der Waals surface area contributed by atoms with E-state index in [1.165, 1.54) is 19.5 Å². The topological polar surface area (TPSA) is 95.9 Å². The number of hydrogen-bond donors (Lipinski definition) is 2. The molecule has 0 aliphatic carbocycles. The third-order valence-corrected chi connectivity index (χ3v) is 1.62. The van der Waals surface area contributed by atoms with Gasteiger partial charge in [-0.3, -0.25) is 4.79 Å². The number of aliphatic carboxylic acids is 1. The van der Waals surface area contributed by atoms with Gasteiger partial charge in [0.05, 0.1) is 6.54 Å². The summed E-state index contributed by atoms with van der Waals surface area (Å²) in [5.74, 6) is -1.26. The number of ether oxygens (including phenoxy) is 1. The van der Waals surface area contributed by atoms with Gasteiger partial charge >= 0.3 is 12.1 Å². The van der Waals surface area contributed by atoms with Crippen LogP contribution < -0.4 is 5.32 Å². The number of carboxylic acids is 1. The summed E-state index contributed by atoms with van der Waals surface area (Å²) in [7, 11) is 1.36. The monoisotopic (exact) mass is 516 g/mol. The summed E-state index contributed by atoms with van der Waals surface area (Å²) < 4.78 is 4.66. The molecule has 7 nitrogen and oxygen atoms in total. The maximum absolute atomic E-state index is 11.2. The van der Waals surface area contributed by atoms with Crippen molar-refractivity contribution in [1.82, 2.24) is 10.2 Å². The van der Waals surface area contributed by atoms with Crippen molar-refractivity contribution in [2.45, 2.75) is 19.9 Å². The van der Waals surface area contributed by atoms with Gasteiger partial charge in [-0.15, -0.1) is 0 Å². The van der Waals surface area contributed by atoms with Gasteiger partial charge in [-0.1, -0.05) is 26.5 Å². The maximum Gasteiger partial charge on any atom is 0.409 e. The molecule has 0 saturated carbocycles. The van der Waals surface area contributed by atoms with E-state index in [1.54, 1.807) is 0 Å². The third kappa shape index (κ3) is 9.86. The van der Waals surface area contributed by atoms with E-state index < -0.39 is 18.1 Å². The Labute approximate surface area is 106 Å². The normalized spacial score (nSPS) is 9.63. The van der Waals surface area contributed by atoms with E-state index in [-0.39, 0.29) is 13.2 Å². The number of amides is 2. The van der Waals surface area contributed by atoms with Gasteiger partial charge in [0.25, 0.3) is 0 Å². The van der Waals surface area contributed by atoms with Crippen molar-refractivity contribution in [3.05, 3.63) is 12.7 Å². The van der Waals surface area contributed by atoms with Crippen molar-refractivity contribution >= 4 is 18.5 Å². The van der Waals surface area contributed by atoms with Crippen LogP contribution in [0, 0.1) is 0 Å². The van der Waals surface area contributed by atoms with E-state index in [0.29, 0.717) is 0 Å². The van der Waals surface area contributed by atoms with E-state index in [4.69, 9.17) is 5.11 Å². The van der Waals surface area contributed by atoms with Gasteiger partial charge in [0.15, 0.2) is 0 Å². The number of carboxylic acid groups (broad SMARTS) is 1. The summed E-state index contributed by atoms with van der Waals surface area (Å²) in [4.78, 5) is 32.9. The van der Waals surface area contributed by atoms with Crippen molar-refractivity contribution in [2.24, 2.45) is 0 Å². The number of carbonyl (C=O) groups is 2. The van der Waals surface area contributed by atoms with Gasteiger partial charge in [-0.2, -0.15) is 6.41 Å². The molecule has 0 radical (unpaired) electrons. The first-order valence-corrected chi connectivity index (χ1v) is 5.37. The number of nitrogens with one attached hydrogen (secondary N) is 1. The van der Waals surface area contributed by atoms with Gasteiger partial charge in [0, 0.05) is 7.05 Å². The summed E-state index contributed by atoms with van der Waals surface area (Å²) in [5, 5.41) is 10.6. The van der Waals surface area contributed by atoms with E-state index in [1.807, 2.05) is 19.2 Å². The molecule has 1 atom stereocenters. The second-order valence-corrected chi connectivity index (χ2v) is 2.88. The molecule has 0 aromatic carbocycles. The summed E-state index contributed by atoms with van der Waals surface area (Å²) >= 11 is 0. The van der Waals surface area contributed by atoms with Gasteiger partial charge in [0.1, 0.15) is 12.6 Å². The van der Waals surface area contributed by atoms with Gasteiger partial charge < -0.3 is 24.9 Å². The predicted octanol–water partition coefficient (Wildman–Crippen LogP) is 0.377. The van der Waals surface area contributed by atoms with Crippen LogP contribution in [0.2, 0.25) is 0 Å². The number of carbonyl (C=O) groups excluding carboxylic acids is 2. The smallest absolute Gasteiger partial charge is 0.409 e. The van der Waals surface area contributed by atoms with Crippen LogP contribution >= 0.6 is 0 Å². The van der Waals surface area contributed by atoms with Crippen molar-refractivity contribution in [2.75, 3.05) is 20.2 Å². The molecule has 8 heteroatoms. The average molecular weight is 516 g/mol. The van der Waals surface area contributed by atoms with Crippen molar-refractivity contribution in [3.8, 4) is 0 Å². The molecule has 2 amide bonds. The molecule has 0 aliphatic heterocycles. The molecule has 0 aromatic heterocycles. The summed E-state index contributed by atoms with van der Waals surface area (Å²) in [5.41, 5.74) is 0. The minimum atomic E-state index is -1.26. The molecule has 0 aliphatic rings. The maximum atomic E-state index is 11.2. The summed E-state index contributed by atoms with van der Waals surface area (Å²) in [6.45, 7) is 7.19. The standard InChI is InChI=1S/C9H13N2O5.C2H6.Fm/c1-3-4-16-9(15)11(2)5-7(8(13)14)10-6-12;1-2;/h3,7H,1,4-5H2,2H3,(H,10,12)(H,13,14);1-2H3;/q-1;;. The second kappa shape index (κ2) is 13.0. The molecule has 2 N–H and O–H groups in total. The van der Waals surface area contributed by atoms with Crippen LogP contribution in [-0.4, -0.2) is 54.7 Å². The van der Waals surface area contributed by atoms with Gasteiger partial charge in [-0.25, -0.2) is 4.79 Å². The first-order valence-electron chi connectivity index (χ1n) is 5.37. The van der Waals surface area contributed by atoms with Crippen LogP contribution in [0.1, 0.15) is 13.8 Å². The van der Waals surface area contributed by atoms with Crippen molar-refractivity contribution < 1.29 is 24.2 Å². The first-order chi connectivity index (χ1) is 8.52. The molecule has 0 saturated heterocycles. The molecule has 0 aromatic rings. The van der Waals surface area contributed by atoms with Crippen molar-refractivity contribution in [1.29, 1.82) is 0 Å². The molecule has 0 spiro atoms. The molecular weight excluding hydrogens is 497 g/mol. The van der Waals surface area contributed by atoms with Crippen LogP contribution in [0.3, 0.4) is 0 Å². The van der Waals surface area contributed by atoms with Crippen LogP contribution in [0.15, 0.2) is 12.7 Å². The Kier molecular flexibility index (Phi) is 14.6. The minimum Gasteiger partial charge on any atom is -0.520 e. The average Bonchev–Trinajstić information content (AvgIpc) is 2.37. The Balaban J connectivity index is -0.000000809. The zero-order chi connectivity index (χ0) is 14.6. The molecule has 0 heterocycles. The number of rotatable bonds is 7. The van der Waals surface area contributed by atoms with E-state index in [2.05, 4.69) is 11.3 Å². The Hall–Kier alpha value is -3.05. The van der Waals surface area contributed by atoms with Crippen LogP contribution in [0.25, 0.3) is 0 Å². The fourth-order valence-electron chi connectivity index (χ4n) is 0.845. The van der Waals surface area contributed by atoms with Crippen LogP contribution in [-0.2, 0) is 14.3 Å². The summed E-state index contributed by atoms with van der Waals surface area (Å²) in [6.07, 6.45) is 1.95. The number of hydrogen-bond acceptors (Lipinski definition) is 4. The minimum absolute atomic E-state index is 0. The Morgan fingerprint density at radius 1 is 1.53 bits per heavy atom. The Morgan fingerprint density at radius 2 is 2.05 bits per heavy atom. The Morgan fingerprint density at radius 3 is 2.42 bits per heavy atom. The second-order valence-electron chi connectivity index (χ2n) is 2.88. The molecule has 0 fully saturated rings. The first kappa shape index (κ1) is 21.3. The molecule has 1 unspecified atom stereocenters. The van der Waals surface area contributed by atoms with E-state index >= 15 is 0 Å². The van der Waals surface area contributed by atoms with E-state index in [0.717, 1.165) is 4.90 Å². The fraction of sp³-hybridized carbons (Fsp3) is 0.545. The molecule has 0 bridgehead atoms. The van der Waals surface area contributed by atoms with Crippen LogP contribution in [0.5, 0.6) is 0 Å². The number of nitrogens with zero attached hydrogens (tertiary/aromatic N) is 1. The SMILES string of the molecule is C=CCOC(=O)N(C)CC(N[C-]=O)C(=O)O.CC.[Fm]. The largest absolute Gasteiger partial charge is 0.520 e. The summed E-state index contributed by atoms with van der Waals surface area (Å²) in [6, 6.07) is -1.21. The third-order valence-electron chi connectivity index (χ3n) is 1.62. The zero-order valence-electron chi connectivity index (χ0n) is 11.1. The molecule has 116 valence electrons. The van der Waals surface area contributed by atoms with E-state index in [9.17, 15) is 14.4 Å². The van der Waals surface area contributed by atoms with Crippen LogP contribution in [0.4, 0.5) is 4.79 Å². The van der Waals surface area contributed by atoms with Gasteiger partial charge in [-0.05, 0) is 0 Å².